The molecule has 1 amide bonds. The maximum absolute atomic E-state index is 12.7. The first-order valence-corrected chi connectivity index (χ1v) is 10.4. The predicted molar refractivity (Wildman–Crippen MR) is 99.1 cm³/mol. The van der Waals surface area contributed by atoms with Crippen LogP contribution in [0.1, 0.15) is 51.0 Å². The molecule has 5 aliphatic rings. The van der Waals surface area contributed by atoms with Gasteiger partial charge in [0.15, 0.2) is 11.6 Å². The number of hydrogen-bond acceptors (Lipinski definition) is 5. The quantitative estimate of drug-likeness (QED) is 0.846. The van der Waals surface area contributed by atoms with Gasteiger partial charge in [-0.15, -0.1) is 0 Å². The van der Waals surface area contributed by atoms with Gasteiger partial charge in [0.2, 0.25) is 0 Å². The zero-order chi connectivity index (χ0) is 18.9. The van der Waals surface area contributed by atoms with E-state index in [4.69, 9.17) is 4.74 Å². The molecule has 5 saturated carbocycles. The van der Waals surface area contributed by atoms with Crippen LogP contribution in [0.4, 0.5) is 4.79 Å². The average molecular weight is 383 g/mol. The highest BCUT2D eigenvalue weighted by Crippen LogP contribution is 2.55. The van der Waals surface area contributed by atoms with Crippen LogP contribution in [0.15, 0.2) is 24.7 Å². The summed E-state index contributed by atoms with van der Waals surface area (Å²) in [6, 6.07) is 2.29. The smallest absolute Gasteiger partial charge is 0.405 e. The van der Waals surface area contributed by atoms with E-state index in [-0.39, 0.29) is 6.04 Å². The van der Waals surface area contributed by atoms with Gasteiger partial charge in [0.05, 0.1) is 17.8 Å². The molecule has 5 atom stereocenters. The van der Waals surface area contributed by atoms with E-state index in [9.17, 15) is 9.90 Å². The molecule has 2 aromatic rings. The van der Waals surface area contributed by atoms with E-state index >= 15 is 0 Å². The molecule has 8 heteroatoms. The minimum absolute atomic E-state index is 0.0935. The molecule has 148 valence electrons. The Balaban J connectivity index is 1.21. The molecular formula is C20H25N5O3. The zero-order valence-corrected chi connectivity index (χ0v) is 15.7. The highest BCUT2D eigenvalue weighted by atomic mass is 16.6. The first-order valence-electron chi connectivity index (χ1n) is 10.4. The highest BCUT2D eigenvalue weighted by molar-refractivity contribution is 5.72. The lowest BCUT2D eigenvalue weighted by Crippen LogP contribution is -2.61. The number of aliphatic hydroxyl groups is 1. The summed E-state index contributed by atoms with van der Waals surface area (Å²) in [6.07, 6.45) is 11.6. The average Bonchev–Trinajstić information content (AvgIpc) is 3.18. The lowest BCUT2D eigenvalue weighted by molar-refractivity contribution is -0.137. The van der Waals surface area contributed by atoms with Gasteiger partial charge in [-0.3, -0.25) is 0 Å². The molecule has 0 radical (unpaired) electrons. The molecule has 8 nitrogen and oxygen atoms in total. The first kappa shape index (κ1) is 16.6. The molecule has 0 aliphatic heterocycles. The highest BCUT2D eigenvalue weighted by Gasteiger charge is 2.55. The standard InChI is InChI=1S/C20H25N5O3/c26-19(23-17-13-6-12-7-14(17)10-20(27,8-12)9-13)28-16-11-22-25(15-2-3-15)18(16)24-5-1-4-21-24/h1,4-5,11-15,17,27H,2-3,6-10H2,(H,23,26)/t12?,13-,14+,17?,20?. The summed E-state index contributed by atoms with van der Waals surface area (Å²) < 4.78 is 9.30. The van der Waals surface area contributed by atoms with Crippen molar-refractivity contribution in [1.82, 2.24) is 24.9 Å². The number of hydrogen-bond donors (Lipinski definition) is 2. The summed E-state index contributed by atoms with van der Waals surface area (Å²) in [5, 5.41) is 22.6. The Kier molecular flexibility index (Phi) is 3.45. The third kappa shape index (κ3) is 2.65. The van der Waals surface area contributed by atoms with E-state index in [0.29, 0.717) is 35.4 Å². The van der Waals surface area contributed by atoms with Crippen LogP contribution in [-0.4, -0.2) is 42.4 Å². The molecule has 3 unspecified atom stereocenters. The minimum Gasteiger partial charge on any atom is -0.405 e. The summed E-state index contributed by atoms with van der Waals surface area (Å²) in [6.45, 7) is 0. The van der Waals surface area contributed by atoms with Crippen molar-refractivity contribution >= 4 is 6.09 Å². The van der Waals surface area contributed by atoms with Crippen molar-refractivity contribution in [2.75, 3.05) is 0 Å². The van der Waals surface area contributed by atoms with Crippen molar-refractivity contribution in [3.05, 3.63) is 24.7 Å². The number of nitrogens with one attached hydrogen (secondary N) is 1. The van der Waals surface area contributed by atoms with Crippen molar-refractivity contribution in [1.29, 1.82) is 0 Å². The first-order chi connectivity index (χ1) is 13.6. The van der Waals surface area contributed by atoms with Crippen molar-refractivity contribution in [3.63, 3.8) is 0 Å². The fourth-order valence-electron chi connectivity index (χ4n) is 6.09. The summed E-state index contributed by atoms with van der Waals surface area (Å²) in [4.78, 5) is 12.7. The molecule has 2 aromatic heterocycles. The molecule has 5 fully saturated rings. The van der Waals surface area contributed by atoms with Gasteiger partial charge in [-0.05, 0) is 68.8 Å². The summed E-state index contributed by atoms with van der Waals surface area (Å²) in [5.41, 5.74) is -0.503. The lowest BCUT2D eigenvalue weighted by Gasteiger charge is -2.57. The molecule has 7 rings (SSSR count). The van der Waals surface area contributed by atoms with Crippen LogP contribution in [0.2, 0.25) is 0 Å². The topological polar surface area (TPSA) is 94.2 Å². The largest absolute Gasteiger partial charge is 0.413 e. The zero-order valence-electron chi connectivity index (χ0n) is 15.7. The number of amides is 1. The molecule has 4 bridgehead atoms. The van der Waals surface area contributed by atoms with Crippen molar-refractivity contribution in [2.45, 2.75) is 62.6 Å². The number of rotatable bonds is 4. The van der Waals surface area contributed by atoms with E-state index in [1.807, 2.05) is 16.9 Å². The lowest BCUT2D eigenvalue weighted by atomic mass is 9.52. The SMILES string of the molecule is O=C(NC1[C@@H]2CC3C[C@H]1CC(O)(C3)C2)Oc1cnn(C2CC2)c1-n1cccn1. The van der Waals surface area contributed by atoms with Gasteiger partial charge in [0.1, 0.15) is 0 Å². The van der Waals surface area contributed by atoms with Crippen LogP contribution in [-0.2, 0) is 0 Å². The molecule has 2 N–H and O–H groups in total. The molecule has 28 heavy (non-hydrogen) atoms. The van der Waals surface area contributed by atoms with Crippen molar-refractivity contribution in [3.8, 4) is 11.6 Å². The Morgan fingerprint density at radius 1 is 1.21 bits per heavy atom. The number of carbonyl (C=O) groups is 1. The van der Waals surface area contributed by atoms with E-state index in [1.54, 1.807) is 17.1 Å². The van der Waals surface area contributed by atoms with Gasteiger partial charge in [0, 0.05) is 18.4 Å². The molecule has 5 aliphatic carbocycles. The van der Waals surface area contributed by atoms with Crippen LogP contribution in [0.3, 0.4) is 0 Å². The number of ether oxygens (including phenoxy) is 1. The Bertz CT molecular complexity index is 887. The third-order valence-corrected chi connectivity index (χ3v) is 7.08. The van der Waals surface area contributed by atoms with E-state index in [0.717, 1.165) is 44.9 Å². The fraction of sp³-hybridized carbons (Fsp3) is 0.650. The molecule has 2 heterocycles. The van der Waals surface area contributed by atoms with Crippen LogP contribution in [0.5, 0.6) is 5.75 Å². The maximum Gasteiger partial charge on any atom is 0.413 e. The van der Waals surface area contributed by atoms with E-state index < -0.39 is 11.7 Å². The summed E-state index contributed by atoms with van der Waals surface area (Å²) >= 11 is 0. The van der Waals surface area contributed by atoms with Crippen molar-refractivity contribution < 1.29 is 14.6 Å². The Morgan fingerprint density at radius 3 is 2.64 bits per heavy atom. The number of nitrogens with zero attached hydrogens (tertiary/aromatic N) is 4. The Morgan fingerprint density at radius 2 is 2.00 bits per heavy atom. The summed E-state index contributed by atoms with van der Waals surface area (Å²) in [5.74, 6) is 2.43. The second-order valence-electron chi connectivity index (χ2n) is 9.21. The second kappa shape index (κ2) is 5.83. The minimum atomic E-state index is -0.503. The number of aromatic nitrogens is 4. The number of carbonyl (C=O) groups excluding carboxylic acids is 1. The normalized spacial score (nSPS) is 35.9. The second-order valence-corrected chi connectivity index (χ2v) is 9.21. The van der Waals surface area contributed by atoms with E-state index in [1.165, 1.54) is 0 Å². The van der Waals surface area contributed by atoms with Gasteiger partial charge < -0.3 is 15.2 Å². The molecule has 0 saturated heterocycles. The van der Waals surface area contributed by atoms with Gasteiger partial charge >= 0.3 is 6.09 Å². The van der Waals surface area contributed by atoms with Crippen LogP contribution in [0, 0.1) is 17.8 Å². The van der Waals surface area contributed by atoms with Crippen molar-refractivity contribution in [2.24, 2.45) is 17.8 Å². The van der Waals surface area contributed by atoms with Gasteiger partial charge in [-0.2, -0.15) is 10.2 Å². The molecule has 0 aromatic carbocycles. The Labute approximate surface area is 162 Å². The maximum atomic E-state index is 12.7. The predicted octanol–water partition coefficient (Wildman–Crippen LogP) is 2.43. The van der Waals surface area contributed by atoms with Gasteiger partial charge in [-0.25, -0.2) is 14.2 Å². The molecule has 0 spiro atoms. The fourth-order valence-corrected chi connectivity index (χ4v) is 6.09. The summed E-state index contributed by atoms with van der Waals surface area (Å²) in [7, 11) is 0. The molecular weight excluding hydrogens is 358 g/mol. The van der Waals surface area contributed by atoms with E-state index in [2.05, 4.69) is 15.5 Å². The monoisotopic (exact) mass is 383 g/mol. The van der Waals surface area contributed by atoms with Crippen LogP contribution < -0.4 is 10.1 Å². The third-order valence-electron chi connectivity index (χ3n) is 7.08. The Hall–Kier alpha value is -2.35. The van der Waals surface area contributed by atoms with Gasteiger partial charge in [0.25, 0.3) is 0 Å². The van der Waals surface area contributed by atoms with Crippen LogP contribution >= 0.6 is 0 Å². The van der Waals surface area contributed by atoms with Crippen LogP contribution in [0.25, 0.3) is 5.82 Å². The van der Waals surface area contributed by atoms with Gasteiger partial charge in [-0.1, -0.05) is 0 Å².